The normalized spacial score (nSPS) is 10.4. The molecule has 0 fully saturated rings. The summed E-state index contributed by atoms with van der Waals surface area (Å²) in [4.78, 5) is 0. The molecule has 0 amide bonds. The first kappa shape index (κ1) is 12.7. The molecule has 0 aliphatic rings. The number of hydrogen-bond acceptors (Lipinski definition) is 1. The van der Waals surface area contributed by atoms with Gasteiger partial charge in [0.1, 0.15) is 17.3 Å². The maximum atomic E-state index is 13.1. The molecule has 0 N–H and O–H groups in total. The highest BCUT2D eigenvalue weighted by molar-refractivity contribution is 9.10. The number of halogens is 4. The van der Waals surface area contributed by atoms with Gasteiger partial charge in [-0.3, -0.25) is 0 Å². The molecular formula is C12H5BrCl2FO. The molecule has 2 rings (SSSR count). The van der Waals surface area contributed by atoms with Crippen LogP contribution in [0.3, 0.4) is 0 Å². The van der Waals surface area contributed by atoms with Gasteiger partial charge in [-0.05, 0) is 40.2 Å². The van der Waals surface area contributed by atoms with Crippen LogP contribution < -0.4 is 4.74 Å². The summed E-state index contributed by atoms with van der Waals surface area (Å²) in [6, 6.07) is 10.0. The standard InChI is InChI=1S/C12H5BrCl2FO/c13-12-10(15)2-1-3-11(12)17-9-5-7(14)4-8(16)6-9/h1,3-6H. The number of rotatable bonds is 2. The number of benzene rings is 2. The monoisotopic (exact) mass is 333 g/mol. The van der Waals surface area contributed by atoms with Gasteiger partial charge in [0.05, 0.1) is 9.50 Å². The van der Waals surface area contributed by atoms with Gasteiger partial charge in [-0.1, -0.05) is 23.2 Å². The Morgan fingerprint density at radius 3 is 2.71 bits per heavy atom. The molecule has 0 atom stereocenters. The van der Waals surface area contributed by atoms with Crippen LogP contribution in [0.2, 0.25) is 10.0 Å². The largest absolute Gasteiger partial charge is 0.456 e. The lowest BCUT2D eigenvalue weighted by Gasteiger charge is -2.08. The summed E-state index contributed by atoms with van der Waals surface area (Å²) in [7, 11) is 0. The summed E-state index contributed by atoms with van der Waals surface area (Å²) in [6.45, 7) is 0. The Morgan fingerprint density at radius 2 is 2.00 bits per heavy atom. The van der Waals surface area contributed by atoms with Gasteiger partial charge < -0.3 is 4.74 Å². The van der Waals surface area contributed by atoms with E-state index in [1.807, 2.05) is 0 Å². The van der Waals surface area contributed by atoms with E-state index in [1.165, 1.54) is 18.2 Å². The van der Waals surface area contributed by atoms with Crippen molar-refractivity contribution in [3.8, 4) is 11.5 Å². The predicted octanol–water partition coefficient (Wildman–Crippen LogP) is 5.49. The van der Waals surface area contributed by atoms with Crippen LogP contribution in [0.1, 0.15) is 0 Å². The van der Waals surface area contributed by atoms with E-state index in [0.717, 1.165) is 0 Å². The highest BCUT2D eigenvalue weighted by atomic mass is 79.9. The van der Waals surface area contributed by atoms with Crippen LogP contribution in [-0.4, -0.2) is 0 Å². The summed E-state index contributed by atoms with van der Waals surface area (Å²) in [5, 5.41) is 0.662. The van der Waals surface area contributed by atoms with Crippen molar-refractivity contribution in [3.05, 3.63) is 56.7 Å². The molecule has 0 bridgehead atoms. The molecule has 17 heavy (non-hydrogen) atoms. The number of hydrogen-bond donors (Lipinski definition) is 0. The van der Waals surface area contributed by atoms with E-state index in [-0.39, 0.29) is 5.02 Å². The fourth-order valence-corrected chi connectivity index (χ4v) is 1.92. The number of ether oxygens (including phenoxy) is 1. The van der Waals surface area contributed by atoms with Crippen molar-refractivity contribution in [2.75, 3.05) is 0 Å². The minimum absolute atomic E-state index is 0.268. The molecule has 0 saturated carbocycles. The molecule has 0 aromatic heterocycles. The van der Waals surface area contributed by atoms with Crippen molar-refractivity contribution in [1.82, 2.24) is 0 Å². The van der Waals surface area contributed by atoms with Gasteiger partial charge in [-0.25, -0.2) is 4.39 Å². The average Bonchev–Trinajstić information content (AvgIpc) is 2.23. The molecule has 5 heteroatoms. The van der Waals surface area contributed by atoms with Crippen LogP contribution >= 0.6 is 39.1 Å². The third-order valence-corrected chi connectivity index (χ3v) is 3.45. The molecular weight excluding hydrogens is 330 g/mol. The van der Waals surface area contributed by atoms with Gasteiger partial charge in [-0.2, -0.15) is 0 Å². The van der Waals surface area contributed by atoms with Gasteiger partial charge in [0, 0.05) is 17.2 Å². The molecule has 1 radical (unpaired) electrons. The molecule has 0 unspecified atom stereocenters. The van der Waals surface area contributed by atoms with Crippen molar-refractivity contribution in [1.29, 1.82) is 0 Å². The Balaban J connectivity index is 2.34. The molecule has 2 aromatic rings. The minimum Gasteiger partial charge on any atom is -0.456 e. The molecule has 0 aliphatic carbocycles. The molecule has 2 aromatic carbocycles. The van der Waals surface area contributed by atoms with E-state index in [0.29, 0.717) is 21.0 Å². The van der Waals surface area contributed by atoms with E-state index >= 15 is 0 Å². The zero-order chi connectivity index (χ0) is 12.4. The fraction of sp³-hybridized carbons (Fsp3) is 0. The van der Waals surface area contributed by atoms with Crippen LogP contribution in [0, 0.1) is 11.9 Å². The molecule has 1 nitrogen and oxygen atoms in total. The second-order valence-corrected chi connectivity index (χ2v) is 4.78. The van der Waals surface area contributed by atoms with Gasteiger partial charge in [0.15, 0.2) is 0 Å². The summed E-state index contributed by atoms with van der Waals surface area (Å²) >= 11 is 14.8. The first-order valence-electron chi connectivity index (χ1n) is 4.56. The van der Waals surface area contributed by atoms with Crippen LogP contribution in [-0.2, 0) is 0 Å². The first-order valence-corrected chi connectivity index (χ1v) is 6.11. The third kappa shape index (κ3) is 3.12. The van der Waals surface area contributed by atoms with Crippen molar-refractivity contribution in [2.45, 2.75) is 0 Å². The zero-order valence-electron chi connectivity index (χ0n) is 8.31. The third-order valence-electron chi connectivity index (χ3n) is 1.92. The Hall–Kier alpha value is -0.770. The van der Waals surface area contributed by atoms with Gasteiger partial charge in [-0.15, -0.1) is 0 Å². The highest BCUT2D eigenvalue weighted by Crippen LogP contribution is 2.35. The lowest BCUT2D eigenvalue weighted by Crippen LogP contribution is -1.87. The van der Waals surface area contributed by atoms with E-state index in [4.69, 9.17) is 27.9 Å². The Labute approximate surface area is 116 Å². The smallest absolute Gasteiger partial charge is 0.143 e. The topological polar surface area (TPSA) is 9.23 Å². The van der Waals surface area contributed by atoms with Gasteiger partial charge in [0.2, 0.25) is 0 Å². The quantitative estimate of drug-likeness (QED) is 0.705. The molecule has 0 aliphatic heterocycles. The van der Waals surface area contributed by atoms with E-state index in [2.05, 4.69) is 22.0 Å². The second kappa shape index (κ2) is 5.25. The lowest BCUT2D eigenvalue weighted by atomic mass is 10.3. The van der Waals surface area contributed by atoms with Gasteiger partial charge in [0.25, 0.3) is 0 Å². The van der Waals surface area contributed by atoms with E-state index < -0.39 is 5.82 Å². The van der Waals surface area contributed by atoms with Gasteiger partial charge >= 0.3 is 0 Å². The highest BCUT2D eigenvalue weighted by Gasteiger charge is 2.07. The Morgan fingerprint density at radius 1 is 1.24 bits per heavy atom. The molecule has 87 valence electrons. The van der Waals surface area contributed by atoms with Crippen molar-refractivity contribution >= 4 is 39.1 Å². The second-order valence-electron chi connectivity index (χ2n) is 3.18. The van der Waals surface area contributed by atoms with Crippen molar-refractivity contribution in [2.24, 2.45) is 0 Å². The summed E-state index contributed by atoms with van der Waals surface area (Å²) in [5.74, 6) is 0.311. The maximum Gasteiger partial charge on any atom is 0.143 e. The van der Waals surface area contributed by atoms with Crippen LogP contribution in [0.4, 0.5) is 4.39 Å². The Bertz CT molecular complexity index is 540. The molecule has 0 heterocycles. The van der Waals surface area contributed by atoms with Crippen LogP contribution in [0.25, 0.3) is 0 Å². The van der Waals surface area contributed by atoms with Crippen molar-refractivity contribution in [3.63, 3.8) is 0 Å². The maximum absolute atomic E-state index is 13.1. The van der Waals surface area contributed by atoms with E-state index in [1.54, 1.807) is 12.1 Å². The molecule has 0 saturated heterocycles. The Kier molecular flexibility index (Phi) is 3.92. The minimum atomic E-state index is -0.461. The zero-order valence-corrected chi connectivity index (χ0v) is 11.4. The van der Waals surface area contributed by atoms with E-state index in [9.17, 15) is 4.39 Å². The predicted molar refractivity (Wildman–Crippen MR) is 69.5 cm³/mol. The van der Waals surface area contributed by atoms with Crippen LogP contribution in [0.5, 0.6) is 11.5 Å². The van der Waals surface area contributed by atoms with Crippen LogP contribution in [0.15, 0.2) is 34.8 Å². The summed E-state index contributed by atoms with van der Waals surface area (Å²) in [5.41, 5.74) is 0. The lowest BCUT2D eigenvalue weighted by molar-refractivity contribution is 0.474. The SMILES string of the molecule is Fc1cc(Cl)cc(Oc2cc[c]c(Cl)c2Br)c1. The summed E-state index contributed by atoms with van der Waals surface area (Å²) < 4.78 is 19.1. The average molecular weight is 335 g/mol. The molecule has 0 spiro atoms. The first-order chi connectivity index (χ1) is 8.06. The summed E-state index contributed by atoms with van der Waals surface area (Å²) in [6.07, 6.45) is 0. The van der Waals surface area contributed by atoms with Crippen molar-refractivity contribution < 1.29 is 9.13 Å². The fourth-order valence-electron chi connectivity index (χ4n) is 1.23.